The van der Waals surface area contributed by atoms with Crippen molar-refractivity contribution in [2.45, 2.75) is 25.8 Å². The van der Waals surface area contributed by atoms with E-state index in [4.69, 9.17) is 10.7 Å². The molecule has 190 valence electrons. The van der Waals surface area contributed by atoms with E-state index in [-0.39, 0.29) is 11.8 Å². The van der Waals surface area contributed by atoms with E-state index in [0.717, 1.165) is 42.9 Å². The predicted molar refractivity (Wildman–Crippen MR) is 151 cm³/mol. The van der Waals surface area contributed by atoms with Gasteiger partial charge >= 0.3 is 0 Å². The highest BCUT2D eigenvalue weighted by molar-refractivity contribution is 6.23. The number of aliphatic imine (C=N–C) groups is 1. The number of carbonyl (C=O) groups excluding carboxylic acids is 1. The van der Waals surface area contributed by atoms with E-state index >= 15 is 0 Å². The summed E-state index contributed by atoms with van der Waals surface area (Å²) in [5, 5.41) is 12.0. The summed E-state index contributed by atoms with van der Waals surface area (Å²) in [6.45, 7) is 3.65. The number of hydrogen-bond donors (Lipinski definition) is 2. The first-order chi connectivity index (χ1) is 17.8. The van der Waals surface area contributed by atoms with Crippen molar-refractivity contribution in [3.63, 3.8) is 0 Å². The number of likely N-dealkylation sites (tertiary alicyclic amines) is 1. The van der Waals surface area contributed by atoms with Crippen molar-refractivity contribution < 1.29 is 9.90 Å². The number of aromatic hydroxyl groups is 1. The normalized spacial score (nSPS) is 15.3. The Balaban J connectivity index is 1.59. The largest absolute Gasteiger partial charge is 0.494 e. The average molecular weight is 496 g/mol. The second kappa shape index (κ2) is 10.1. The number of aromatic nitrogens is 1. The zero-order chi connectivity index (χ0) is 26.1. The molecule has 0 amide bonds. The van der Waals surface area contributed by atoms with E-state index in [0.29, 0.717) is 33.9 Å². The molecule has 0 aliphatic carbocycles. The fourth-order valence-electron chi connectivity index (χ4n) is 5.19. The van der Waals surface area contributed by atoms with Crippen molar-refractivity contribution in [1.82, 2.24) is 9.47 Å². The highest BCUT2D eigenvalue weighted by atomic mass is 16.3. The van der Waals surface area contributed by atoms with Gasteiger partial charge in [0.05, 0.1) is 22.5 Å². The first kappa shape index (κ1) is 24.6. The van der Waals surface area contributed by atoms with Crippen LogP contribution in [0.3, 0.4) is 0 Å². The van der Waals surface area contributed by atoms with Crippen LogP contribution in [-0.4, -0.2) is 59.4 Å². The van der Waals surface area contributed by atoms with Gasteiger partial charge in [-0.3, -0.25) is 9.36 Å². The van der Waals surface area contributed by atoms with Gasteiger partial charge in [-0.1, -0.05) is 30.3 Å². The second-order valence-corrected chi connectivity index (χ2v) is 9.82. The van der Waals surface area contributed by atoms with Gasteiger partial charge in [0, 0.05) is 42.3 Å². The number of piperidine rings is 1. The minimum atomic E-state index is -0.298. The van der Waals surface area contributed by atoms with Crippen LogP contribution in [0.1, 0.15) is 35.7 Å². The number of nitrogens with two attached hydrogens (primary N) is 1. The maximum absolute atomic E-state index is 12.5. The number of anilines is 2. The van der Waals surface area contributed by atoms with Crippen molar-refractivity contribution in [1.29, 1.82) is 0 Å². The third-order valence-corrected chi connectivity index (χ3v) is 7.30. The number of fused-ring (bicyclic) bond motifs is 1. The molecule has 5 rings (SSSR count). The van der Waals surface area contributed by atoms with E-state index in [1.807, 2.05) is 48.5 Å². The molecule has 0 unspecified atom stereocenters. The maximum atomic E-state index is 12.5. The van der Waals surface area contributed by atoms with Crippen LogP contribution in [0.4, 0.5) is 17.1 Å². The van der Waals surface area contributed by atoms with Crippen LogP contribution < -0.4 is 10.6 Å². The van der Waals surface area contributed by atoms with Gasteiger partial charge in [0.2, 0.25) is 11.8 Å². The average Bonchev–Trinajstić information content (AvgIpc) is 3.19. The standard InChI is InChI=1S/C30H33N5O2/c1-20(36)35-27-19-22(31)9-14-26(27)28(30(35)37)29(21-7-5-4-6-8-21)32-23-10-12-24(13-11-23)34(3)25-15-17-33(2)18-16-25/h4-14,19,25,37H,15-18,31H2,1-3H3. The Kier molecular flexibility index (Phi) is 6.72. The van der Waals surface area contributed by atoms with Crippen LogP contribution in [0.15, 0.2) is 77.8 Å². The zero-order valence-corrected chi connectivity index (χ0v) is 21.6. The zero-order valence-electron chi connectivity index (χ0n) is 21.6. The molecule has 0 spiro atoms. The Morgan fingerprint density at radius 1 is 1.03 bits per heavy atom. The lowest BCUT2D eigenvalue weighted by molar-refractivity contribution is 0.0933. The molecular formula is C30H33N5O2. The summed E-state index contributed by atoms with van der Waals surface area (Å²) >= 11 is 0. The number of rotatable bonds is 5. The molecule has 0 saturated carbocycles. The topological polar surface area (TPSA) is 87.1 Å². The molecule has 0 atom stereocenters. The van der Waals surface area contributed by atoms with E-state index in [1.165, 1.54) is 11.5 Å². The Bertz CT molecular complexity index is 1450. The van der Waals surface area contributed by atoms with Gasteiger partial charge in [0.1, 0.15) is 0 Å². The van der Waals surface area contributed by atoms with Crippen molar-refractivity contribution in [3.05, 3.63) is 83.9 Å². The fraction of sp³-hybridized carbons (Fsp3) is 0.267. The molecule has 0 bridgehead atoms. The molecule has 1 aromatic heterocycles. The number of nitrogen functional groups attached to an aromatic ring is 1. The van der Waals surface area contributed by atoms with Gasteiger partial charge in [-0.2, -0.15) is 0 Å². The fourth-order valence-corrected chi connectivity index (χ4v) is 5.19. The van der Waals surface area contributed by atoms with Crippen molar-refractivity contribution in [2.24, 2.45) is 4.99 Å². The van der Waals surface area contributed by atoms with Crippen LogP contribution in [-0.2, 0) is 0 Å². The minimum Gasteiger partial charge on any atom is -0.494 e. The van der Waals surface area contributed by atoms with Crippen LogP contribution in [0, 0.1) is 0 Å². The Hall–Kier alpha value is -4.10. The molecule has 7 heteroatoms. The lowest BCUT2D eigenvalue weighted by atomic mass is 10.0. The SMILES string of the molecule is CC(=O)n1c(O)c(C(=Nc2ccc(N(C)C3CCN(C)CC3)cc2)c2ccccc2)c2ccc(N)cc21. The third kappa shape index (κ3) is 4.82. The van der Waals surface area contributed by atoms with Gasteiger partial charge in [-0.05, 0) is 75.4 Å². The Morgan fingerprint density at radius 2 is 1.70 bits per heavy atom. The molecule has 37 heavy (non-hydrogen) atoms. The number of hydrogen-bond acceptors (Lipinski definition) is 6. The summed E-state index contributed by atoms with van der Waals surface area (Å²) in [4.78, 5) is 22.2. The third-order valence-electron chi connectivity index (χ3n) is 7.30. The van der Waals surface area contributed by atoms with Gasteiger partial charge in [0.25, 0.3) is 0 Å². The molecular weight excluding hydrogens is 462 g/mol. The summed E-state index contributed by atoms with van der Waals surface area (Å²) in [6.07, 6.45) is 2.30. The highest BCUT2D eigenvalue weighted by Gasteiger charge is 2.25. The molecule has 2 heterocycles. The molecule has 4 aromatic rings. The van der Waals surface area contributed by atoms with Crippen molar-refractivity contribution in [3.8, 4) is 5.88 Å². The van der Waals surface area contributed by atoms with Crippen LogP contribution >= 0.6 is 0 Å². The Morgan fingerprint density at radius 3 is 2.35 bits per heavy atom. The maximum Gasteiger partial charge on any atom is 0.230 e. The van der Waals surface area contributed by atoms with Crippen molar-refractivity contribution >= 4 is 39.6 Å². The van der Waals surface area contributed by atoms with Crippen LogP contribution in [0.25, 0.3) is 10.9 Å². The molecule has 3 aromatic carbocycles. The van der Waals surface area contributed by atoms with E-state index in [1.54, 1.807) is 12.1 Å². The quantitative estimate of drug-likeness (QED) is 0.290. The minimum absolute atomic E-state index is 0.144. The van der Waals surface area contributed by atoms with E-state index in [9.17, 15) is 9.90 Å². The van der Waals surface area contributed by atoms with E-state index < -0.39 is 0 Å². The Labute approximate surface area is 217 Å². The smallest absolute Gasteiger partial charge is 0.230 e. The summed E-state index contributed by atoms with van der Waals surface area (Å²) in [7, 11) is 4.33. The predicted octanol–water partition coefficient (Wildman–Crippen LogP) is 5.29. The molecule has 1 fully saturated rings. The van der Waals surface area contributed by atoms with Gasteiger partial charge in [0.15, 0.2) is 0 Å². The summed E-state index contributed by atoms with van der Waals surface area (Å²) in [5.74, 6) is -0.442. The number of carbonyl (C=O) groups is 1. The van der Waals surface area contributed by atoms with Gasteiger partial charge in [-0.15, -0.1) is 0 Å². The molecule has 3 N–H and O–H groups in total. The van der Waals surface area contributed by atoms with Crippen molar-refractivity contribution in [2.75, 3.05) is 37.8 Å². The first-order valence-corrected chi connectivity index (χ1v) is 12.6. The van der Waals surface area contributed by atoms with Crippen LogP contribution in [0.5, 0.6) is 5.88 Å². The monoisotopic (exact) mass is 495 g/mol. The van der Waals surface area contributed by atoms with E-state index in [2.05, 4.69) is 36.0 Å². The summed E-state index contributed by atoms with van der Waals surface area (Å²) < 4.78 is 1.29. The lowest BCUT2D eigenvalue weighted by Gasteiger charge is -2.36. The molecule has 7 nitrogen and oxygen atoms in total. The first-order valence-electron chi connectivity index (χ1n) is 12.6. The molecule has 1 aliphatic heterocycles. The molecule has 1 aliphatic rings. The number of nitrogens with zero attached hydrogens (tertiary/aromatic N) is 4. The lowest BCUT2D eigenvalue weighted by Crippen LogP contribution is -2.41. The van der Waals surface area contributed by atoms with Gasteiger partial charge < -0.3 is 20.6 Å². The number of benzene rings is 3. The highest BCUT2D eigenvalue weighted by Crippen LogP contribution is 2.36. The molecule has 0 radical (unpaired) electrons. The molecule has 1 saturated heterocycles. The second-order valence-electron chi connectivity index (χ2n) is 9.82. The summed E-state index contributed by atoms with van der Waals surface area (Å²) in [5.41, 5.74) is 10.9. The van der Waals surface area contributed by atoms with Gasteiger partial charge in [-0.25, -0.2) is 4.99 Å². The van der Waals surface area contributed by atoms with Crippen LogP contribution in [0.2, 0.25) is 0 Å². The summed E-state index contributed by atoms with van der Waals surface area (Å²) in [6, 6.07) is 23.7.